The summed E-state index contributed by atoms with van der Waals surface area (Å²) in [5.41, 5.74) is 1.66. The Kier molecular flexibility index (Phi) is 6.92. The zero-order valence-electron chi connectivity index (χ0n) is 16.2. The van der Waals surface area contributed by atoms with E-state index in [9.17, 15) is 13.2 Å². The molecule has 0 aliphatic rings. The van der Waals surface area contributed by atoms with Gasteiger partial charge in [0.15, 0.2) is 0 Å². The van der Waals surface area contributed by atoms with Gasteiger partial charge in [-0.05, 0) is 42.0 Å². The molecule has 0 saturated heterocycles. The van der Waals surface area contributed by atoms with E-state index in [1.165, 1.54) is 12.1 Å². The van der Waals surface area contributed by atoms with Crippen LogP contribution in [0.5, 0.6) is 5.75 Å². The highest BCUT2D eigenvalue weighted by atomic mass is 35.5. The minimum Gasteiger partial charge on any atom is -0.489 e. The van der Waals surface area contributed by atoms with Gasteiger partial charge in [-0.25, -0.2) is 13.6 Å². The first-order chi connectivity index (χ1) is 14.8. The number of primary sulfonamides is 1. The van der Waals surface area contributed by atoms with Crippen LogP contribution in [-0.4, -0.2) is 14.3 Å². The normalized spacial score (nSPS) is 10.9. The SMILES string of the molecule is N#Cc1cccc(OCc2ccc(NC(=O)Cc3ccccc3Cl)cc2S(N)(=O)=O)c1. The van der Waals surface area contributed by atoms with Gasteiger partial charge < -0.3 is 10.1 Å². The van der Waals surface area contributed by atoms with Crippen molar-refractivity contribution >= 4 is 33.2 Å². The summed E-state index contributed by atoms with van der Waals surface area (Å²) in [7, 11) is -4.08. The van der Waals surface area contributed by atoms with Crippen molar-refractivity contribution in [2.45, 2.75) is 17.9 Å². The van der Waals surface area contributed by atoms with Crippen LogP contribution in [0.2, 0.25) is 5.02 Å². The minimum atomic E-state index is -4.08. The van der Waals surface area contributed by atoms with Gasteiger partial charge in [-0.1, -0.05) is 41.9 Å². The van der Waals surface area contributed by atoms with Crippen molar-refractivity contribution < 1.29 is 17.9 Å². The molecule has 1 amide bonds. The van der Waals surface area contributed by atoms with Crippen molar-refractivity contribution in [1.82, 2.24) is 0 Å². The summed E-state index contributed by atoms with van der Waals surface area (Å²) >= 11 is 6.07. The number of benzene rings is 3. The van der Waals surface area contributed by atoms with E-state index in [4.69, 9.17) is 26.7 Å². The molecule has 3 aromatic rings. The van der Waals surface area contributed by atoms with Crippen molar-refractivity contribution in [3.63, 3.8) is 0 Å². The number of ether oxygens (including phenoxy) is 1. The largest absolute Gasteiger partial charge is 0.489 e. The third kappa shape index (κ3) is 6.06. The van der Waals surface area contributed by atoms with Crippen LogP contribution in [0.4, 0.5) is 5.69 Å². The summed E-state index contributed by atoms with van der Waals surface area (Å²) in [6.45, 7) is -0.0888. The van der Waals surface area contributed by atoms with Crippen molar-refractivity contribution in [2.75, 3.05) is 5.32 Å². The number of carbonyl (C=O) groups is 1. The summed E-state index contributed by atoms with van der Waals surface area (Å²) in [4.78, 5) is 12.2. The van der Waals surface area contributed by atoms with E-state index in [1.54, 1.807) is 54.6 Å². The lowest BCUT2D eigenvalue weighted by Crippen LogP contribution is -2.18. The molecule has 0 unspecified atom stereocenters. The number of nitrogens with one attached hydrogen (secondary N) is 1. The number of rotatable bonds is 7. The minimum absolute atomic E-state index is 0.0322. The van der Waals surface area contributed by atoms with Gasteiger partial charge >= 0.3 is 0 Å². The molecule has 0 bridgehead atoms. The van der Waals surface area contributed by atoms with Gasteiger partial charge in [0.25, 0.3) is 0 Å². The highest BCUT2D eigenvalue weighted by molar-refractivity contribution is 7.89. The van der Waals surface area contributed by atoms with E-state index < -0.39 is 10.0 Å². The lowest BCUT2D eigenvalue weighted by Gasteiger charge is -2.13. The lowest BCUT2D eigenvalue weighted by molar-refractivity contribution is -0.115. The van der Waals surface area contributed by atoms with Crippen molar-refractivity contribution in [3.8, 4) is 11.8 Å². The molecule has 0 aliphatic carbocycles. The van der Waals surface area contributed by atoms with Gasteiger partial charge in [0.05, 0.1) is 22.9 Å². The Morgan fingerprint density at radius 1 is 1.06 bits per heavy atom. The number of amides is 1. The topological polar surface area (TPSA) is 122 Å². The maximum atomic E-state index is 12.3. The average molecular weight is 456 g/mol. The van der Waals surface area contributed by atoms with E-state index in [-0.39, 0.29) is 29.5 Å². The van der Waals surface area contributed by atoms with Crippen LogP contribution in [0.25, 0.3) is 0 Å². The van der Waals surface area contributed by atoms with Gasteiger partial charge in [-0.15, -0.1) is 0 Å². The molecule has 31 heavy (non-hydrogen) atoms. The molecule has 3 N–H and O–H groups in total. The molecule has 0 saturated carbocycles. The third-order valence-corrected chi connectivity index (χ3v) is 5.69. The Bertz CT molecular complexity index is 1270. The highest BCUT2D eigenvalue weighted by Gasteiger charge is 2.17. The third-order valence-electron chi connectivity index (χ3n) is 4.32. The van der Waals surface area contributed by atoms with Gasteiger partial charge in [0.1, 0.15) is 12.4 Å². The Labute approximate surface area is 185 Å². The molecule has 9 heteroatoms. The van der Waals surface area contributed by atoms with E-state index >= 15 is 0 Å². The molecule has 0 radical (unpaired) electrons. The fourth-order valence-corrected chi connectivity index (χ4v) is 3.84. The molecule has 0 heterocycles. The Morgan fingerprint density at radius 2 is 1.84 bits per heavy atom. The molecular weight excluding hydrogens is 438 g/mol. The number of carbonyl (C=O) groups excluding carboxylic acids is 1. The molecule has 0 aliphatic heterocycles. The summed E-state index contributed by atoms with van der Waals surface area (Å²) in [5, 5.41) is 17.4. The molecule has 0 atom stereocenters. The van der Waals surface area contributed by atoms with Gasteiger partial charge in [-0.2, -0.15) is 5.26 Å². The monoisotopic (exact) mass is 455 g/mol. The van der Waals surface area contributed by atoms with Crippen LogP contribution in [0.1, 0.15) is 16.7 Å². The second-order valence-electron chi connectivity index (χ2n) is 6.61. The maximum absolute atomic E-state index is 12.3. The van der Waals surface area contributed by atoms with Crippen molar-refractivity contribution in [3.05, 3.63) is 88.4 Å². The lowest BCUT2D eigenvalue weighted by atomic mass is 10.1. The molecule has 0 fully saturated rings. The summed E-state index contributed by atoms with van der Waals surface area (Å²) < 4.78 is 29.8. The second kappa shape index (κ2) is 9.62. The highest BCUT2D eigenvalue weighted by Crippen LogP contribution is 2.23. The number of sulfonamides is 1. The summed E-state index contributed by atoms with van der Waals surface area (Å²) in [6.07, 6.45) is 0.0322. The van der Waals surface area contributed by atoms with E-state index in [0.29, 0.717) is 27.5 Å². The van der Waals surface area contributed by atoms with E-state index in [0.717, 1.165) is 0 Å². The number of hydrogen-bond acceptors (Lipinski definition) is 5. The Hall–Kier alpha value is -3.38. The number of nitriles is 1. The number of nitrogens with two attached hydrogens (primary N) is 1. The van der Waals surface area contributed by atoms with Gasteiger partial charge in [-0.3, -0.25) is 4.79 Å². The zero-order chi connectivity index (χ0) is 22.4. The first-order valence-corrected chi connectivity index (χ1v) is 11.0. The van der Waals surface area contributed by atoms with Crippen molar-refractivity contribution in [2.24, 2.45) is 5.14 Å². The summed E-state index contributed by atoms with van der Waals surface area (Å²) in [6, 6.07) is 19.8. The molecular formula is C22H18ClN3O4S. The van der Waals surface area contributed by atoms with E-state index in [1.807, 2.05) is 6.07 Å². The predicted octanol–water partition coefficient (Wildman–Crippen LogP) is 3.62. The average Bonchev–Trinajstić information content (AvgIpc) is 2.74. The van der Waals surface area contributed by atoms with Gasteiger partial charge in [0.2, 0.25) is 15.9 Å². The molecule has 7 nitrogen and oxygen atoms in total. The quantitative estimate of drug-likeness (QED) is 0.563. The molecule has 158 valence electrons. The molecule has 3 aromatic carbocycles. The molecule has 0 aromatic heterocycles. The van der Waals surface area contributed by atoms with Crippen LogP contribution in [0.3, 0.4) is 0 Å². The second-order valence-corrected chi connectivity index (χ2v) is 8.55. The molecule has 0 spiro atoms. The van der Waals surface area contributed by atoms with E-state index in [2.05, 4.69) is 5.32 Å². The first-order valence-electron chi connectivity index (χ1n) is 9.08. The Morgan fingerprint density at radius 3 is 2.55 bits per heavy atom. The van der Waals surface area contributed by atoms with Crippen LogP contribution >= 0.6 is 11.6 Å². The first kappa shape index (κ1) is 22.3. The number of nitrogens with zero attached hydrogens (tertiary/aromatic N) is 1. The van der Waals surface area contributed by atoms with Gasteiger partial charge in [0, 0.05) is 16.3 Å². The maximum Gasteiger partial charge on any atom is 0.238 e. The number of halogens is 1. The standard InChI is InChI=1S/C22H18ClN3O4S/c23-20-7-2-1-5-16(20)11-22(27)26-18-9-8-17(21(12-18)31(25,28)29)14-30-19-6-3-4-15(10-19)13-24/h1-10,12H,11,14H2,(H,26,27)(H2,25,28,29). The fourth-order valence-electron chi connectivity index (χ4n) is 2.85. The van der Waals surface area contributed by atoms with Crippen molar-refractivity contribution in [1.29, 1.82) is 5.26 Å². The smallest absolute Gasteiger partial charge is 0.238 e. The van der Waals surface area contributed by atoms with Crippen LogP contribution < -0.4 is 15.2 Å². The zero-order valence-corrected chi connectivity index (χ0v) is 17.8. The Balaban J connectivity index is 1.77. The van der Waals surface area contributed by atoms with Crippen LogP contribution in [0.15, 0.2) is 71.6 Å². The fraction of sp³-hybridized carbons (Fsp3) is 0.0909. The predicted molar refractivity (Wildman–Crippen MR) is 117 cm³/mol. The van der Waals surface area contributed by atoms with Crippen LogP contribution in [-0.2, 0) is 27.8 Å². The molecule has 3 rings (SSSR count). The van der Waals surface area contributed by atoms with Crippen LogP contribution in [0, 0.1) is 11.3 Å². The number of anilines is 1. The summed E-state index contributed by atoms with van der Waals surface area (Å²) in [5.74, 6) is 0.0577. The number of hydrogen-bond donors (Lipinski definition) is 2.